The number of carbonyl (C=O) groups excluding carboxylic acids is 2. The van der Waals surface area contributed by atoms with Crippen LogP contribution in [-0.2, 0) is 11.3 Å². The molecule has 1 aromatic heterocycles. The summed E-state index contributed by atoms with van der Waals surface area (Å²) in [6.07, 6.45) is 0.617. The minimum Gasteiger partial charge on any atom is -0.341 e. The number of carbonyl (C=O) groups is 2. The lowest BCUT2D eigenvalue weighted by Gasteiger charge is -2.12. The minimum absolute atomic E-state index is 0.0520. The van der Waals surface area contributed by atoms with Crippen molar-refractivity contribution in [3.05, 3.63) is 89.0 Å². The van der Waals surface area contributed by atoms with Gasteiger partial charge in [-0.15, -0.1) is 0 Å². The summed E-state index contributed by atoms with van der Waals surface area (Å²) in [7, 11) is 0. The molecule has 4 nitrogen and oxygen atoms in total. The molecule has 2 heterocycles. The van der Waals surface area contributed by atoms with Gasteiger partial charge in [-0.3, -0.25) is 9.59 Å². The van der Waals surface area contributed by atoms with E-state index in [4.69, 9.17) is 0 Å². The monoisotopic (exact) mass is 362 g/mol. The summed E-state index contributed by atoms with van der Waals surface area (Å²) in [5, 5.41) is 2.83. The van der Waals surface area contributed by atoms with E-state index in [2.05, 4.69) is 5.32 Å². The number of aromatic nitrogens is 1. The smallest absolute Gasteiger partial charge is 0.233 e. The Morgan fingerprint density at radius 2 is 1.85 bits per heavy atom. The van der Waals surface area contributed by atoms with Crippen molar-refractivity contribution < 1.29 is 14.0 Å². The van der Waals surface area contributed by atoms with Crippen molar-refractivity contribution in [3.8, 4) is 0 Å². The van der Waals surface area contributed by atoms with Gasteiger partial charge in [-0.25, -0.2) is 4.39 Å². The lowest BCUT2D eigenvalue weighted by Crippen LogP contribution is -2.20. The summed E-state index contributed by atoms with van der Waals surface area (Å²) in [5.74, 6) is -0.977. The summed E-state index contributed by atoms with van der Waals surface area (Å²) in [6, 6.07) is 17.1. The standard InChI is InChI=1S/C22H19FN2O2/c1-14-7-8-16(23)13-18(14)24-22(27)17-11-12-25-19(17)9-10-20(25)21(26)15-5-3-2-4-6-15/h2-10,13,17H,11-12H2,1H3,(H,24,27)/t17-/m1/s1. The topological polar surface area (TPSA) is 51.1 Å². The van der Waals surface area contributed by atoms with Crippen LogP contribution in [0.5, 0.6) is 0 Å². The lowest BCUT2D eigenvalue weighted by atomic mass is 10.0. The fraction of sp³-hybridized carbons (Fsp3) is 0.182. The molecule has 136 valence electrons. The van der Waals surface area contributed by atoms with Crippen LogP contribution in [0.3, 0.4) is 0 Å². The first kappa shape index (κ1) is 17.2. The Morgan fingerprint density at radius 1 is 1.07 bits per heavy atom. The third kappa shape index (κ3) is 3.16. The van der Waals surface area contributed by atoms with Crippen LogP contribution in [0.15, 0.2) is 60.7 Å². The van der Waals surface area contributed by atoms with Gasteiger partial charge in [0.1, 0.15) is 5.82 Å². The van der Waals surface area contributed by atoms with E-state index < -0.39 is 0 Å². The molecule has 0 radical (unpaired) electrons. The summed E-state index contributed by atoms with van der Waals surface area (Å²) >= 11 is 0. The molecular weight excluding hydrogens is 343 g/mol. The fourth-order valence-electron chi connectivity index (χ4n) is 3.59. The van der Waals surface area contributed by atoms with Gasteiger partial charge in [0.05, 0.1) is 11.6 Å². The average molecular weight is 362 g/mol. The predicted molar refractivity (Wildman–Crippen MR) is 101 cm³/mol. The average Bonchev–Trinajstić information content (AvgIpc) is 3.27. The van der Waals surface area contributed by atoms with E-state index in [0.29, 0.717) is 29.9 Å². The summed E-state index contributed by atoms with van der Waals surface area (Å²) < 4.78 is 15.4. The number of amides is 1. The van der Waals surface area contributed by atoms with Gasteiger partial charge in [0.2, 0.25) is 11.7 Å². The van der Waals surface area contributed by atoms with E-state index in [-0.39, 0.29) is 23.4 Å². The van der Waals surface area contributed by atoms with Crippen LogP contribution in [0.25, 0.3) is 0 Å². The molecule has 1 aliphatic rings. The Bertz CT molecular complexity index is 1020. The van der Waals surface area contributed by atoms with Crippen LogP contribution < -0.4 is 5.32 Å². The van der Waals surface area contributed by atoms with E-state index in [1.54, 1.807) is 24.3 Å². The number of ketones is 1. The largest absolute Gasteiger partial charge is 0.341 e. The van der Waals surface area contributed by atoms with Gasteiger partial charge in [-0.1, -0.05) is 36.4 Å². The van der Waals surface area contributed by atoms with E-state index in [9.17, 15) is 14.0 Å². The molecule has 0 saturated carbocycles. The highest BCUT2D eigenvalue weighted by Gasteiger charge is 2.32. The summed E-state index contributed by atoms with van der Waals surface area (Å²) in [4.78, 5) is 25.5. The number of nitrogens with one attached hydrogen (secondary N) is 1. The zero-order valence-electron chi connectivity index (χ0n) is 14.9. The molecule has 2 aromatic carbocycles. The van der Waals surface area contributed by atoms with E-state index >= 15 is 0 Å². The minimum atomic E-state index is -0.388. The molecule has 5 heteroatoms. The van der Waals surface area contributed by atoms with Crippen LogP contribution >= 0.6 is 0 Å². The third-order valence-electron chi connectivity index (χ3n) is 5.06. The molecule has 1 aliphatic heterocycles. The van der Waals surface area contributed by atoms with Crippen molar-refractivity contribution in [2.24, 2.45) is 0 Å². The predicted octanol–water partition coefficient (Wildman–Crippen LogP) is 4.29. The normalized spacial score (nSPS) is 15.4. The number of anilines is 1. The number of aryl methyl sites for hydroxylation is 1. The number of nitrogens with zero attached hydrogens (tertiary/aromatic N) is 1. The molecule has 0 bridgehead atoms. The van der Waals surface area contributed by atoms with Gasteiger partial charge < -0.3 is 9.88 Å². The molecule has 4 rings (SSSR count). The van der Waals surface area contributed by atoms with Crippen LogP contribution in [0, 0.1) is 12.7 Å². The van der Waals surface area contributed by atoms with Gasteiger partial charge >= 0.3 is 0 Å². The first-order valence-electron chi connectivity index (χ1n) is 8.91. The molecule has 0 spiro atoms. The maximum absolute atomic E-state index is 13.5. The summed E-state index contributed by atoms with van der Waals surface area (Å²) in [5.41, 5.74) is 3.32. The Kier molecular flexibility index (Phi) is 4.36. The third-order valence-corrected chi connectivity index (χ3v) is 5.06. The second-order valence-corrected chi connectivity index (χ2v) is 6.78. The molecule has 3 aromatic rings. The molecule has 1 amide bonds. The van der Waals surface area contributed by atoms with Crippen LogP contribution in [0.2, 0.25) is 0 Å². The van der Waals surface area contributed by atoms with Crippen molar-refractivity contribution in [1.29, 1.82) is 0 Å². The first-order valence-corrected chi connectivity index (χ1v) is 8.91. The molecular formula is C22H19FN2O2. The maximum atomic E-state index is 13.5. The molecule has 1 N–H and O–H groups in total. The molecule has 27 heavy (non-hydrogen) atoms. The number of rotatable bonds is 4. The van der Waals surface area contributed by atoms with Crippen molar-refractivity contribution in [1.82, 2.24) is 4.57 Å². The van der Waals surface area contributed by atoms with E-state index in [1.807, 2.05) is 35.8 Å². The first-order chi connectivity index (χ1) is 13.0. The molecule has 0 fully saturated rings. The number of hydrogen-bond acceptors (Lipinski definition) is 2. The quantitative estimate of drug-likeness (QED) is 0.704. The Balaban J connectivity index is 1.58. The molecule has 0 saturated heterocycles. The number of benzene rings is 2. The highest BCUT2D eigenvalue weighted by Crippen LogP contribution is 2.32. The molecule has 0 unspecified atom stereocenters. The lowest BCUT2D eigenvalue weighted by molar-refractivity contribution is -0.117. The SMILES string of the molecule is Cc1ccc(F)cc1NC(=O)[C@@H]1CCn2c(C(=O)c3ccccc3)ccc21. The van der Waals surface area contributed by atoms with Gasteiger partial charge in [-0.2, -0.15) is 0 Å². The molecule has 1 atom stereocenters. The number of fused-ring (bicyclic) bond motifs is 1. The van der Waals surface area contributed by atoms with Crippen molar-refractivity contribution >= 4 is 17.4 Å². The van der Waals surface area contributed by atoms with Gasteiger partial charge in [-0.05, 0) is 43.2 Å². The van der Waals surface area contributed by atoms with E-state index in [0.717, 1.165) is 11.3 Å². The fourth-order valence-corrected chi connectivity index (χ4v) is 3.59. The summed E-state index contributed by atoms with van der Waals surface area (Å²) in [6.45, 7) is 2.43. The number of halogens is 1. The van der Waals surface area contributed by atoms with Crippen molar-refractivity contribution in [2.75, 3.05) is 5.32 Å². The Labute approximate surface area is 156 Å². The van der Waals surface area contributed by atoms with Crippen molar-refractivity contribution in [3.63, 3.8) is 0 Å². The second kappa shape index (κ2) is 6.83. The maximum Gasteiger partial charge on any atom is 0.233 e. The van der Waals surface area contributed by atoms with Gasteiger partial charge in [0.25, 0.3) is 0 Å². The van der Waals surface area contributed by atoms with Gasteiger partial charge in [0, 0.05) is 23.5 Å². The van der Waals surface area contributed by atoms with Crippen molar-refractivity contribution in [2.45, 2.75) is 25.8 Å². The van der Waals surface area contributed by atoms with Crippen LogP contribution in [0.4, 0.5) is 10.1 Å². The highest BCUT2D eigenvalue weighted by molar-refractivity contribution is 6.08. The highest BCUT2D eigenvalue weighted by atomic mass is 19.1. The molecule has 0 aliphatic carbocycles. The Hall–Kier alpha value is -3.21. The van der Waals surface area contributed by atoms with Crippen LogP contribution in [-0.4, -0.2) is 16.3 Å². The van der Waals surface area contributed by atoms with E-state index in [1.165, 1.54) is 12.1 Å². The van der Waals surface area contributed by atoms with Gasteiger partial charge in [0.15, 0.2) is 0 Å². The number of hydrogen-bond donors (Lipinski definition) is 1. The van der Waals surface area contributed by atoms with Crippen LogP contribution in [0.1, 0.15) is 39.6 Å². The second-order valence-electron chi connectivity index (χ2n) is 6.78. The zero-order chi connectivity index (χ0) is 19.0. The Morgan fingerprint density at radius 3 is 2.63 bits per heavy atom. The zero-order valence-corrected chi connectivity index (χ0v) is 14.9.